The first-order valence-electron chi connectivity index (χ1n) is 8.18. The van der Waals surface area contributed by atoms with Gasteiger partial charge < -0.3 is 11.1 Å². The van der Waals surface area contributed by atoms with Crippen LogP contribution in [-0.4, -0.2) is 15.9 Å². The number of carbonyl (C=O) groups is 1. The number of nitrogen functional groups attached to an aromatic ring is 1. The van der Waals surface area contributed by atoms with Gasteiger partial charge in [0.2, 0.25) is 0 Å². The van der Waals surface area contributed by atoms with Gasteiger partial charge in [-0.1, -0.05) is 0 Å². The molecule has 4 aromatic heterocycles. The van der Waals surface area contributed by atoms with Crippen molar-refractivity contribution in [2.24, 2.45) is 0 Å². The summed E-state index contributed by atoms with van der Waals surface area (Å²) in [6, 6.07) is 4.01. The van der Waals surface area contributed by atoms with E-state index < -0.39 is 0 Å². The Morgan fingerprint density at radius 3 is 2.31 bits per heavy atom. The van der Waals surface area contributed by atoms with Crippen molar-refractivity contribution in [3.63, 3.8) is 0 Å². The predicted molar refractivity (Wildman–Crippen MR) is 111 cm³/mol. The molecule has 0 spiro atoms. The Balaban J connectivity index is 1.77. The van der Waals surface area contributed by atoms with Crippen molar-refractivity contribution >= 4 is 60.4 Å². The summed E-state index contributed by atoms with van der Waals surface area (Å²) in [6.07, 6.45) is 0. The number of pyridine rings is 2. The molecule has 0 aliphatic carbocycles. The van der Waals surface area contributed by atoms with Crippen LogP contribution in [0.4, 0.5) is 11.4 Å². The summed E-state index contributed by atoms with van der Waals surface area (Å²) in [4.78, 5) is 24.2. The maximum absolute atomic E-state index is 12.9. The molecule has 0 fully saturated rings. The molecule has 0 aliphatic rings. The lowest BCUT2D eigenvalue weighted by Crippen LogP contribution is -2.11. The summed E-state index contributed by atoms with van der Waals surface area (Å²) in [5, 5.41) is 6.80. The second kappa shape index (κ2) is 6.03. The number of anilines is 2. The Morgan fingerprint density at radius 2 is 1.62 bits per heavy atom. The summed E-state index contributed by atoms with van der Waals surface area (Å²) >= 11 is 2.86. The van der Waals surface area contributed by atoms with Crippen molar-refractivity contribution in [3.05, 3.63) is 44.9 Å². The lowest BCUT2D eigenvalue weighted by atomic mass is 10.1. The van der Waals surface area contributed by atoms with E-state index >= 15 is 0 Å². The fraction of sp³-hybridized carbons (Fsp3) is 0.211. The Labute approximate surface area is 158 Å². The minimum Gasteiger partial charge on any atom is -0.397 e. The van der Waals surface area contributed by atoms with Crippen molar-refractivity contribution in [1.29, 1.82) is 0 Å². The largest absolute Gasteiger partial charge is 0.397 e. The smallest absolute Gasteiger partial charge is 0.267 e. The first kappa shape index (κ1) is 16.9. The summed E-state index contributed by atoms with van der Waals surface area (Å²) < 4.78 is 0. The third kappa shape index (κ3) is 2.64. The molecule has 0 aromatic carbocycles. The van der Waals surface area contributed by atoms with E-state index in [1.807, 2.05) is 45.2 Å². The van der Waals surface area contributed by atoms with Crippen LogP contribution in [-0.2, 0) is 0 Å². The zero-order valence-corrected chi connectivity index (χ0v) is 16.6. The van der Waals surface area contributed by atoms with Gasteiger partial charge in [0.05, 0.1) is 11.4 Å². The van der Waals surface area contributed by atoms with E-state index in [4.69, 9.17) is 5.73 Å². The van der Waals surface area contributed by atoms with Crippen LogP contribution in [0.3, 0.4) is 0 Å². The van der Waals surface area contributed by atoms with Crippen molar-refractivity contribution in [2.45, 2.75) is 27.7 Å². The van der Waals surface area contributed by atoms with Gasteiger partial charge in [-0.25, -0.2) is 9.97 Å². The van der Waals surface area contributed by atoms with Gasteiger partial charge in [-0.05, 0) is 51.0 Å². The van der Waals surface area contributed by atoms with Crippen LogP contribution in [0.15, 0.2) is 17.5 Å². The lowest BCUT2D eigenvalue weighted by molar-refractivity contribution is 0.103. The van der Waals surface area contributed by atoms with Gasteiger partial charge in [0.15, 0.2) is 0 Å². The zero-order valence-electron chi connectivity index (χ0n) is 14.9. The summed E-state index contributed by atoms with van der Waals surface area (Å²) in [6.45, 7) is 7.94. The van der Waals surface area contributed by atoms with Crippen molar-refractivity contribution < 1.29 is 4.79 Å². The summed E-state index contributed by atoms with van der Waals surface area (Å²) in [5.41, 5.74) is 11.6. The van der Waals surface area contributed by atoms with Crippen LogP contribution in [0.1, 0.15) is 32.2 Å². The number of amides is 1. The van der Waals surface area contributed by atoms with E-state index in [-0.39, 0.29) is 5.91 Å². The normalized spacial score (nSPS) is 11.4. The molecule has 0 bridgehead atoms. The van der Waals surface area contributed by atoms with E-state index in [0.717, 1.165) is 48.6 Å². The van der Waals surface area contributed by atoms with Crippen LogP contribution in [0, 0.1) is 27.7 Å². The molecular formula is C19H18N4OS2. The first-order valence-corrected chi connectivity index (χ1v) is 9.87. The fourth-order valence-electron chi connectivity index (χ4n) is 3.30. The number of nitrogens with two attached hydrogens (primary N) is 1. The molecule has 4 rings (SSSR count). The Kier molecular flexibility index (Phi) is 3.93. The highest BCUT2D eigenvalue weighted by molar-refractivity contribution is 7.21. The highest BCUT2D eigenvalue weighted by atomic mass is 32.1. The van der Waals surface area contributed by atoms with Gasteiger partial charge in [-0.2, -0.15) is 0 Å². The van der Waals surface area contributed by atoms with Gasteiger partial charge >= 0.3 is 0 Å². The second-order valence-corrected chi connectivity index (χ2v) is 8.33. The fourth-order valence-corrected chi connectivity index (χ4v) is 5.40. The standard InChI is InChI=1S/C19H18N4OS2/c1-8-5-10(3)21-18-13(8)12(7-25-18)23-17(24)16-15(20)14-9(2)6-11(4)22-19(14)26-16/h5-7H,20H2,1-4H3,(H,23,24). The molecule has 132 valence electrons. The molecule has 5 nitrogen and oxygen atoms in total. The molecule has 1 amide bonds. The summed E-state index contributed by atoms with van der Waals surface area (Å²) in [7, 11) is 0. The zero-order chi connectivity index (χ0) is 18.6. The third-order valence-electron chi connectivity index (χ3n) is 4.35. The monoisotopic (exact) mass is 382 g/mol. The van der Waals surface area contributed by atoms with E-state index in [1.54, 1.807) is 0 Å². The van der Waals surface area contributed by atoms with Crippen molar-refractivity contribution in [2.75, 3.05) is 11.1 Å². The quantitative estimate of drug-likeness (QED) is 0.513. The predicted octanol–water partition coefficient (Wildman–Crippen LogP) is 4.97. The number of thiophene rings is 2. The third-order valence-corrected chi connectivity index (χ3v) is 6.32. The van der Waals surface area contributed by atoms with Gasteiger partial charge in [0.25, 0.3) is 5.91 Å². The Morgan fingerprint density at radius 1 is 1.00 bits per heavy atom. The Bertz CT molecular complexity index is 1190. The van der Waals surface area contributed by atoms with Crippen LogP contribution < -0.4 is 11.1 Å². The minimum absolute atomic E-state index is 0.206. The van der Waals surface area contributed by atoms with E-state index in [0.29, 0.717) is 10.6 Å². The highest BCUT2D eigenvalue weighted by Crippen LogP contribution is 2.37. The number of nitrogens with one attached hydrogen (secondary N) is 1. The maximum Gasteiger partial charge on any atom is 0.267 e. The molecule has 4 aromatic rings. The van der Waals surface area contributed by atoms with E-state index in [1.165, 1.54) is 22.7 Å². The maximum atomic E-state index is 12.9. The lowest BCUT2D eigenvalue weighted by Gasteiger charge is -2.05. The van der Waals surface area contributed by atoms with Crippen LogP contribution >= 0.6 is 22.7 Å². The van der Waals surface area contributed by atoms with Crippen LogP contribution in [0.5, 0.6) is 0 Å². The number of aryl methyl sites for hydroxylation is 4. The second-order valence-electron chi connectivity index (χ2n) is 6.47. The van der Waals surface area contributed by atoms with Gasteiger partial charge in [-0.15, -0.1) is 22.7 Å². The molecule has 0 saturated heterocycles. The molecule has 0 atom stereocenters. The number of nitrogens with zero attached hydrogens (tertiary/aromatic N) is 2. The van der Waals surface area contributed by atoms with E-state index in [9.17, 15) is 4.79 Å². The number of carbonyl (C=O) groups excluding carboxylic acids is 1. The SMILES string of the molecule is Cc1cc(C)c2c(NC(=O)c3sc4nc(C)cc(C)c4c3N)csc2n1. The van der Waals surface area contributed by atoms with Gasteiger partial charge in [0, 0.05) is 27.5 Å². The van der Waals surface area contributed by atoms with Crippen molar-refractivity contribution in [3.8, 4) is 0 Å². The number of hydrogen-bond acceptors (Lipinski definition) is 6. The molecule has 0 radical (unpaired) electrons. The van der Waals surface area contributed by atoms with E-state index in [2.05, 4.69) is 15.3 Å². The summed E-state index contributed by atoms with van der Waals surface area (Å²) in [5.74, 6) is -0.206. The van der Waals surface area contributed by atoms with Crippen molar-refractivity contribution in [1.82, 2.24) is 9.97 Å². The van der Waals surface area contributed by atoms with Gasteiger partial charge in [0.1, 0.15) is 14.5 Å². The average molecular weight is 383 g/mol. The molecule has 26 heavy (non-hydrogen) atoms. The molecule has 4 heterocycles. The number of rotatable bonds is 2. The topological polar surface area (TPSA) is 80.9 Å². The average Bonchev–Trinajstić information content (AvgIpc) is 3.08. The minimum atomic E-state index is -0.206. The molecule has 0 saturated carbocycles. The van der Waals surface area contributed by atoms with Gasteiger partial charge in [-0.3, -0.25) is 4.79 Å². The number of aromatic nitrogens is 2. The molecular weight excluding hydrogens is 364 g/mol. The number of hydrogen-bond donors (Lipinski definition) is 2. The molecule has 7 heteroatoms. The number of fused-ring (bicyclic) bond motifs is 2. The Hall–Kier alpha value is -2.51. The molecule has 0 unspecified atom stereocenters. The molecule has 0 aliphatic heterocycles. The highest BCUT2D eigenvalue weighted by Gasteiger charge is 2.20. The molecule has 3 N–H and O–H groups in total. The van der Waals surface area contributed by atoms with Crippen LogP contribution in [0.25, 0.3) is 20.4 Å². The first-order chi connectivity index (χ1) is 12.3. The van der Waals surface area contributed by atoms with Crippen LogP contribution in [0.2, 0.25) is 0 Å².